The molecule has 2 aromatic rings. The fourth-order valence-electron chi connectivity index (χ4n) is 1.17. The Kier molecular flexibility index (Phi) is 2.71. The molecular formula is C7H10N6O2S. The summed E-state index contributed by atoms with van der Waals surface area (Å²) in [4.78, 5) is 10.0. The largest absolute Gasteiger partial charge is 0.335 e. The van der Waals surface area contributed by atoms with Gasteiger partial charge in [-0.25, -0.2) is 18.4 Å². The van der Waals surface area contributed by atoms with E-state index < -0.39 is 16.1 Å². The molecule has 0 fully saturated rings. The first-order valence-electron chi connectivity index (χ1n) is 4.45. The maximum absolute atomic E-state index is 11.8. The monoisotopic (exact) mass is 242 g/mol. The molecule has 1 unspecified atom stereocenters. The average Bonchev–Trinajstić information content (AvgIpc) is 2.91. The molecule has 0 saturated heterocycles. The highest BCUT2D eigenvalue weighted by Crippen LogP contribution is 2.10. The van der Waals surface area contributed by atoms with Crippen LogP contribution in [0, 0.1) is 0 Å². The van der Waals surface area contributed by atoms with E-state index in [2.05, 4.69) is 29.9 Å². The van der Waals surface area contributed by atoms with Gasteiger partial charge in [-0.3, -0.25) is 5.10 Å². The topological polar surface area (TPSA) is 116 Å². The van der Waals surface area contributed by atoms with Crippen LogP contribution < -0.4 is 4.72 Å². The molecule has 86 valence electrons. The molecule has 0 spiro atoms. The van der Waals surface area contributed by atoms with Crippen LogP contribution >= 0.6 is 0 Å². The Hall–Kier alpha value is -1.74. The van der Waals surface area contributed by atoms with Gasteiger partial charge >= 0.3 is 0 Å². The van der Waals surface area contributed by atoms with Crippen molar-refractivity contribution in [2.45, 2.75) is 18.0 Å². The zero-order valence-electron chi connectivity index (χ0n) is 8.38. The first-order chi connectivity index (χ1) is 7.59. The van der Waals surface area contributed by atoms with Crippen LogP contribution in [0.15, 0.2) is 23.9 Å². The Labute approximate surface area is 91.6 Å². The van der Waals surface area contributed by atoms with Crippen molar-refractivity contribution in [1.82, 2.24) is 29.9 Å². The molecule has 0 aliphatic carbocycles. The predicted octanol–water partition coefficient (Wildman–Crippen LogP) is -0.433. The van der Waals surface area contributed by atoms with Crippen LogP contribution in [0.4, 0.5) is 0 Å². The van der Waals surface area contributed by atoms with Crippen LogP contribution in [-0.2, 0) is 10.0 Å². The van der Waals surface area contributed by atoms with Gasteiger partial charge < -0.3 is 4.98 Å². The summed E-state index contributed by atoms with van der Waals surface area (Å²) in [7, 11) is -3.60. The summed E-state index contributed by atoms with van der Waals surface area (Å²) in [5.74, 6) is 0.447. The van der Waals surface area contributed by atoms with Crippen LogP contribution in [0.3, 0.4) is 0 Å². The van der Waals surface area contributed by atoms with Gasteiger partial charge in [-0.2, -0.15) is 9.82 Å². The van der Waals surface area contributed by atoms with Crippen LogP contribution in [0.2, 0.25) is 0 Å². The molecule has 0 aliphatic rings. The number of nitrogens with zero attached hydrogens (tertiary/aromatic N) is 3. The highest BCUT2D eigenvalue weighted by Gasteiger charge is 2.20. The number of aromatic amines is 2. The lowest BCUT2D eigenvalue weighted by atomic mass is 10.3. The van der Waals surface area contributed by atoms with Crippen LogP contribution in [0.1, 0.15) is 18.8 Å². The Morgan fingerprint density at radius 3 is 2.88 bits per heavy atom. The molecule has 0 saturated carbocycles. The highest BCUT2D eigenvalue weighted by atomic mass is 32.2. The van der Waals surface area contributed by atoms with E-state index in [4.69, 9.17) is 0 Å². The zero-order chi connectivity index (χ0) is 11.6. The standard InChI is InChI=1S/C7H10N6O2S/c1-5(7-10-4-11-12-7)13-16(14,15)6-2-8-3-9-6/h2-5,13H,1H3,(H,8,9)(H,10,11,12). The lowest BCUT2D eigenvalue weighted by molar-refractivity contribution is 0.557. The Morgan fingerprint density at radius 2 is 2.31 bits per heavy atom. The second kappa shape index (κ2) is 4.02. The molecule has 3 N–H and O–H groups in total. The molecular weight excluding hydrogens is 232 g/mol. The number of hydrogen-bond donors (Lipinski definition) is 3. The number of nitrogens with one attached hydrogen (secondary N) is 3. The summed E-state index contributed by atoms with van der Waals surface area (Å²) in [6.45, 7) is 1.66. The van der Waals surface area contributed by atoms with Crippen LogP contribution in [0.5, 0.6) is 0 Å². The Balaban J connectivity index is 2.16. The molecule has 1 atom stereocenters. The first-order valence-corrected chi connectivity index (χ1v) is 5.94. The quantitative estimate of drug-likeness (QED) is 0.672. The fraction of sp³-hybridized carbons (Fsp3) is 0.286. The Bertz CT molecular complexity index is 531. The van der Waals surface area contributed by atoms with Crippen LogP contribution in [-0.4, -0.2) is 33.6 Å². The second-order valence-electron chi connectivity index (χ2n) is 3.13. The number of aromatic nitrogens is 5. The summed E-state index contributed by atoms with van der Waals surface area (Å²) in [6, 6.07) is -0.490. The van der Waals surface area contributed by atoms with E-state index in [9.17, 15) is 8.42 Å². The van der Waals surface area contributed by atoms with Crippen molar-refractivity contribution in [1.29, 1.82) is 0 Å². The number of hydrogen-bond acceptors (Lipinski definition) is 5. The van der Waals surface area contributed by atoms with Gasteiger partial charge in [0.05, 0.1) is 18.6 Å². The first kappa shape index (κ1) is 10.8. The number of H-pyrrole nitrogens is 2. The van der Waals surface area contributed by atoms with Gasteiger partial charge in [0.1, 0.15) is 12.2 Å². The SMILES string of the molecule is CC(NS(=O)(=O)c1cnc[nH]1)c1ncn[nH]1. The van der Waals surface area contributed by atoms with E-state index in [1.165, 1.54) is 18.9 Å². The van der Waals surface area contributed by atoms with E-state index in [1.807, 2.05) is 0 Å². The van der Waals surface area contributed by atoms with E-state index in [0.29, 0.717) is 5.82 Å². The minimum absolute atomic E-state index is 0.0128. The van der Waals surface area contributed by atoms with Gasteiger partial charge in [0.25, 0.3) is 10.0 Å². The molecule has 0 bridgehead atoms. The molecule has 2 aromatic heterocycles. The van der Waals surface area contributed by atoms with Crippen LogP contribution in [0.25, 0.3) is 0 Å². The van der Waals surface area contributed by atoms with Crippen molar-refractivity contribution in [3.05, 3.63) is 24.7 Å². The van der Waals surface area contributed by atoms with Gasteiger partial charge in [0, 0.05) is 0 Å². The molecule has 9 heteroatoms. The Morgan fingerprint density at radius 1 is 1.50 bits per heavy atom. The third-order valence-electron chi connectivity index (χ3n) is 1.94. The lowest BCUT2D eigenvalue weighted by Crippen LogP contribution is -2.27. The highest BCUT2D eigenvalue weighted by molar-refractivity contribution is 7.89. The average molecular weight is 242 g/mol. The third kappa shape index (κ3) is 2.09. The summed E-state index contributed by atoms with van der Waals surface area (Å²) in [5, 5.41) is 6.25. The minimum Gasteiger partial charge on any atom is -0.335 e. The fourth-order valence-corrected chi connectivity index (χ4v) is 2.28. The normalized spacial score (nSPS) is 13.8. The molecule has 2 heterocycles. The molecule has 0 radical (unpaired) electrons. The smallest absolute Gasteiger partial charge is 0.258 e. The molecule has 16 heavy (non-hydrogen) atoms. The minimum atomic E-state index is -3.60. The van der Waals surface area contributed by atoms with Gasteiger partial charge in [0.15, 0.2) is 5.03 Å². The molecule has 8 nitrogen and oxygen atoms in total. The lowest BCUT2D eigenvalue weighted by Gasteiger charge is -2.09. The van der Waals surface area contributed by atoms with E-state index in [0.717, 1.165) is 0 Å². The van der Waals surface area contributed by atoms with Gasteiger partial charge in [-0.1, -0.05) is 0 Å². The van der Waals surface area contributed by atoms with Gasteiger partial charge in [-0.15, -0.1) is 0 Å². The predicted molar refractivity (Wildman–Crippen MR) is 53.7 cm³/mol. The van der Waals surface area contributed by atoms with E-state index in [1.54, 1.807) is 6.92 Å². The van der Waals surface area contributed by atoms with E-state index >= 15 is 0 Å². The van der Waals surface area contributed by atoms with Gasteiger partial charge in [0.2, 0.25) is 0 Å². The van der Waals surface area contributed by atoms with Crippen molar-refractivity contribution in [3.63, 3.8) is 0 Å². The summed E-state index contributed by atoms with van der Waals surface area (Å²) in [6.07, 6.45) is 3.85. The number of sulfonamides is 1. The summed E-state index contributed by atoms with van der Waals surface area (Å²) in [5.41, 5.74) is 0. The van der Waals surface area contributed by atoms with Gasteiger partial charge in [-0.05, 0) is 6.92 Å². The maximum atomic E-state index is 11.8. The molecule has 2 rings (SSSR count). The third-order valence-corrected chi connectivity index (χ3v) is 3.40. The second-order valence-corrected chi connectivity index (χ2v) is 4.81. The van der Waals surface area contributed by atoms with E-state index in [-0.39, 0.29) is 5.03 Å². The van der Waals surface area contributed by atoms with Crippen molar-refractivity contribution in [3.8, 4) is 0 Å². The van der Waals surface area contributed by atoms with Crippen molar-refractivity contribution >= 4 is 10.0 Å². The summed E-state index contributed by atoms with van der Waals surface area (Å²) < 4.78 is 25.9. The zero-order valence-corrected chi connectivity index (χ0v) is 9.19. The van der Waals surface area contributed by atoms with Crippen molar-refractivity contribution in [2.75, 3.05) is 0 Å². The number of imidazole rings is 1. The number of rotatable bonds is 4. The maximum Gasteiger partial charge on any atom is 0.258 e. The molecule has 0 aromatic carbocycles. The van der Waals surface area contributed by atoms with Crippen molar-refractivity contribution in [2.24, 2.45) is 0 Å². The summed E-state index contributed by atoms with van der Waals surface area (Å²) >= 11 is 0. The molecule has 0 amide bonds. The molecule has 0 aliphatic heterocycles. The van der Waals surface area contributed by atoms with Crippen molar-refractivity contribution < 1.29 is 8.42 Å².